The first-order valence-electron chi connectivity index (χ1n) is 5.56. The molecule has 3 aromatic rings. The fourth-order valence-corrected chi connectivity index (χ4v) is 5.01. The zero-order valence-corrected chi connectivity index (χ0v) is 11.5. The summed E-state index contributed by atoms with van der Waals surface area (Å²) in [6, 6.07) is 11.2. The van der Waals surface area contributed by atoms with Gasteiger partial charge in [-0.15, -0.1) is 0 Å². The quantitative estimate of drug-likeness (QED) is 0.544. The summed E-state index contributed by atoms with van der Waals surface area (Å²) in [5.74, 6) is 0. The molecule has 0 aliphatic carbocycles. The molecule has 80 valence electrons. The van der Waals surface area contributed by atoms with Crippen molar-refractivity contribution in [1.82, 2.24) is 0 Å². The second kappa shape index (κ2) is 3.48. The Bertz CT molecular complexity index is 689. The Balaban J connectivity index is 2.60. The maximum atomic E-state index is 2.30. The van der Waals surface area contributed by atoms with Crippen LogP contribution >= 0.6 is 0 Å². The number of hydrogen-bond acceptors (Lipinski definition) is 0. The molecule has 2 aromatic carbocycles. The van der Waals surface area contributed by atoms with E-state index in [1.54, 1.807) is 8.52 Å². The van der Waals surface area contributed by atoms with E-state index in [1.165, 1.54) is 27.5 Å². The molecule has 0 nitrogen and oxygen atoms in total. The molecule has 0 N–H and O–H groups in total. The van der Waals surface area contributed by atoms with Crippen LogP contribution in [0.3, 0.4) is 0 Å². The Labute approximate surface area is 102 Å². The first kappa shape index (κ1) is 10.1. The van der Waals surface area contributed by atoms with Crippen LogP contribution in [0.1, 0.15) is 16.7 Å². The van der Waals surface area contributed by atoms with Gasteiger partial charge in [0.25, 0.3) is 0 Å². The number of hydrogen-bond donors (Lipinski definition) is 0. The van der Waals surface area contributed by atoms with Crippen molar-refractivity contribution in [2.75, 3.05) is 0 Å². The van der Waals surface area contributed by atoms with Crippen LogP contribution in [0.5, 0.6) is 0 Å². The summed E-state index contributed by atoms with van der Waals surface area (Å²) in [5.41, 5.74) is 4.37. The van der Waals surface area contributed by atoms with Gasteiger partial charge in [-0.25, -0.2) is 0 Å². The predicted molar refractivity (Wildman–Crippen MR) is 72.6 cm³/mol. The van der Waals surface area contributed by atoms with Crippen LogP contribution in [0.4, 0.5) is 0 Å². The molecule has 0 aliphatic heterocycles. The third kappa shape index (κ3) is 1.29. The van der Waals surface area contributed by atoms with Crippen molar-refractivity contribution < 1.29 is 0 Å². The van der Waals surface area contributed by atoms with Crippen molar-refractivity contribution >= 4 is 33.8 Å². The third-order valence-corrected chi connectivity index (χ3v) is 6.48. The van der Waals surface area contributed by atoms with Crippen LogP contribution in [-0.2, 0) is 0 Å². The summed E-state index contributed by atoms with van der Waals surface area (Å²) >= 11 is 0.506. The zero-order chi connectivity index (χ0) is 11.3. The average Bonchev–Trinajstić information content (AvgIpc) is 2.65. The van der Waals surface area contributed by atoms with Gasteiger partial charge in [-0.3, -0.25) is 0 Å². The SMILES string of the molecule is Cc1ccc2c([se]c3c(C)cccc32)c1C. The van der Waals surface area contributed by atoms with E-state index in [0.29, 0.717) is 14.5 Å². The van der Waals surface area contributed by atoms with Gasteiger partial charge < -0.3 is 0 Å². The van der Waals surface area contributed by atoms with Crippen LogP contribution in [-0.4, -0.2) is 14.5 Å². The van der Waals surface area contributed by atoms with Crippen molar-refractivity contribution in [2.45, 2.75) is 20.8 Å². The number of fused-ring (bicyclic) bond motifs is 3. The minimum absolute atomic E-state index is 0.506. The van der Waals surface area contributed by atoms with Gasteiger partial charge >= 0.3 is 102 Å². The Kier molecular flexibility index (Phi) is 2.20. The standard InChI is InChI=1S/C15H14Se/c1-9-7-8-13-12-6-4-5-10(2)14(12)16-15(13)11(9)3/h4-8H,1-3H3. The molecule has 0 radical (unpaired) electrons. The molecule has 1 heterocycles. The molecule has 0 spiro atoms. The Hall–Kier alpha value is -1.04. The molecule has 0 saturated carbocycles. The maximum absolute atomic E-state index is 2.30. The van der Waals surface area contributed by atoms with Crippen LogP contribution < -0.4 is 0 Å². The second-order valence-corrected chi connectivity index (χ2v) is 6.58. The van der Waals surface area contributed by atoms with Crippen molar-refractivity contribution in [3.8, 4) is 0 Å². The first-order valence-corrected chi connectivity index (χ1v) is 7.28. The fourth-order valence-electron chi connectivity index (χ4n) is 2.24. The van der Waals surface area contributed by atoms with Crippen molar-refractivity contribution in [3.63, 3.8) is 0 Å². The molecule has 1 aromatic heterocycles. The Morgan fingerprint density at radius 1 is 0.750 bits per heavy atom. The first-order chi connectivity index (χ1) is 7.68. The number of rotatable bonds is 0. The average molecular weight is 273 g/mol. The van der Waals surface area contributed by atoms with E-state index in [2.05, 4.69) is 51.1 Å². The van der Waals surface area contributed by atoms with Gasteiger partial charge in [-0.2, -0.15) is 0 Å². The van der Waals surface area contributed by atoms with Gasteiger partial charge in [-0.05, 0) is 0 Å². The zero-order valence-electron chi connectivity index (χ0n) is 9.79. The Morgan fingerprint density at radius 3 is 2.31 bits per heavy atom. The second-order valence-electron chi connectivity index (χ2n) is 4.44. The topological polar surface area (TPSA) is 0 Å². The van der Waals surface area contributed by atoms with Crippen molar-refractivity contribution in [2.24, 2.45) is 0 Å². The summed E-state index contributed by atoms with van der Waals surface area (Å²) in [7, 11) is 0. The van der Waals surface area contributed by atoms with Gasteiger partial charge in [0.05, 0.1) is 0 Å². The predicted octanol–water partition coefficient (Wildman–Crippen LogP) is 3.98. The third-order valence-electron chi connectivity index (χ3n) is 3.38. The number of aryl methyl sites for hydroxylation is 3. The fraction of sp³-hybridized carbons (Fsp3) is 0.200. The van der Waals surface area contributed by atoms with Gasteiger partial charge in [0.1, 0.15) is 0 Å². The molecule has 16 heavy (non-hydrogen) atoms. The van der Waals surface area contributed by atoms with Crippen molar-refractivity contribution in [3.05, 3.63) is 47.0 Å². The van der Waals surface area contributed by atoms with E-state index < -0.39 is 0 Å². The molecule has 0 fully saturated rings. The van der Waals surface area contributed by atoms with Crippen molar-refractivity contribution in [1.29, 1.82) is 0 Å². The number of benzene rings is 2. The van der Waals surface area contributed by atoms with E-state index in [9.17, 15) is 0 Å². The molecule has 0 saturated heterocycles. The summed E-state index contributed by atoms with van der Waals surface area (Å²) < 4.78 is 3.18. The van der Waals surface area contributed by atoms with E-state index in [4.69, 9.17) is 0 Å². The molecule has 0 unspecified atom stereocenters. The summed E-state index contributed by atoms with van der Waals surface area (Å²) in [6.45, 7) is 6.70. The van der Waals surface area contributed by atoms with Crippen LogP contribution in [0.15, 0.2) is 30.3 Å². The summed E-state index contributed by atoms with van der Waals surface area (Å²) in [6.07, 6.45) is 0. The molecular formula is C15H14Se. The van der Waals surface area contributed by atoms with E-state index in [1.807, 2.05) is 0 Å². The van der Waals surface area contributed by atoms with Gasteiger partial charge in [-0.1, -0.05) is 0 Å². The molecule has 0 bridgehead atoms. The minimum atomic E-state index is 0.506. The van der Waals surface area contributed by atoms with Gasteiger partial charge in [0.2, 0.25) is 0 Å². The molecule has 0 aliphatic rings. The molecule has 0 atom stereocenters. The molecule has 0 amide bonds. The normalized spacial score (nSPS) is 11.4. The van der Waals surface area contributed by atoms with E-state index in [-0.39, 0.29) is 0 Å². The summed E-state index contributed by atoms with van der Waals surface area (Å²) in [5, 5.41) is 2.94. The van der Waals surface area contributed by atoms with E-state index in [0.717, 1.165) is 0 Å². The van der Waals surface area contributed by atoms with Gasteiger partial charge in [0, 0.05) is 0 Å². The molecule has 3 rings (SSSR count). The van der Waals surface area contributed by atoms with E-state index >= 15 is 0 Å². The monoisotopic (exact) mass is 274 g/mol. The molecule has 1 heteroatoms. The van der Waals surface area contributed by atoms with Crippen LogP contribution in [0, 0.1) is 20.8 Å². The Morgan fingerprint density at radius 2 is 1.50 bits per heavy atom. The van der Waals surface area contributed by atoms with Crippen LogP contribution in [0.2, 0.25) is 0 Å². The van der Waals surface area contributed by atoms with Crippen LogP contribution in [0.25, 0.3) is 19.3 Å². The summed E-state index contributed by atoms with van der Waals surface area (Å²) in [4.78, 5) is 0. The van der Waals surface area contributed by atoms with Gasteiger partial charge in [0.15, 0.2) is 0 Å². The molecular weight excluding hydrogens is 259 g/mol.